The molecule has 0 radical (unpaired) electrons. The fourth-order valence-corrected chi connectivity index (χ4v) is 5.36. The molecule has 0 aromatic heterocycles. The Balaban J connectivity index is 1.43. The van der Waals surface area contributed by atoms with Crippen LogP contribution in [0.1, 0.15) is 55.8 Å². The van der Waals surface area contributed by atoms with Crippen molar-refractivity contribution in [3.05, 3.63) is 29.3 Å². The van der Waals surface area contributed by atoms with Gasteiger partial charge < -0.3 is 14.4 Å². The number of carbonyl (C=O) groups excluding carboxylic acids is 1. The van der Waals surface area contributed by atoms with Crippen LogP contribution in [0.2, 0.25) is 0 Å². The summed E-state index contributed by atoms with van der Waals surface area (Å²) in [6, 6.07) is 6.49. The van der Waals surface area contributed by atoms with Crippen LogP contribution in [0.5, 0.6) is 5.75 Å². The van der Waals surface area contributed by atoms with E-state index >= 15 is 0 Å². The van der Waals surface area contributed by atoms with Crippen LogP contribution in [-0.4, -0.2) is 37.1 Å². The van der Waals surface area contributed by atoms with E-state index in [0.29, 0.717) is 18.4 Å². The largest absolute Gasteiger partial charge is 0.497 e. The number of carbonyl (C=O) groups is 1. The third-order valence-electron chi connectivity index (χ3n) is 7.04. The quantitative estimate of drug-likeness (QED) is 0.845. The first-order chi connectivity index (χ1) is 12.2. The molecule has 0 spiro atoms. The lowest BCUT2D eigenvalue weighted by atomic mass is 9.64. The van der Waals surface area contributed by atoms with Gasteiger partial charge in [-0.25, -0.2) is 0 Å². The van der Waals surface area contributed by atoms with Crippen molar-refractivity contribution in [3.8, 4) is 5.75 Å². The zero-order valence-electron chi connectivity index (χ0n) is 15.0. The lowest BCUT2D eigenvalue weighted by molar-refractivity contribution is -0.166. The Morgan fingerprint density at radius 3 is 2.80 bits per heavy atom. The number of morpholine rings is 1. The molecule has 3 aliphatic carbocycles. The van der Waals surface area contributed by atoms with Gasteiger partial charge in [-0.3, -0.25) is 4.79 Å². The number of ether oxygens (including phenoxy) is 2. The van der Waals surface area contributed by atoms with Crippen molar-refractivity contribution < 1.29 is 14.3 Å². The normalized spacial score (nSPS) is 30.0. The van der Waals surface area contributed by atoms with E-state index in [4.69, 9.17) is 9.47 Å². The van der Waals surface area contributed by atoms with Gasteiger partial charge in [-0.2, -0.15) is 0 Å². The monoisotopic (exact) mass is 341 g/mol. The number of hydrogen-bond acceptors (Lipinski definition) is 3. The highest BCUT2D eigenvalue weighted by Crippen LogP contribution is 2.58. The van der Waals surface area contributed by atoms with Crippen molar-refractivity contribution in [2.45, 2.75) is 57.1 Å². The maximum absolute atomic E-state index is 13.5. The fraction of sp³-hybridized carbons (Fsp3) is 0.667. The first-order valence-corrected chi connectivity index (χ1v) is 9.82. The van der Waals surface area contributed by atoms with Gasteiger partial charge >= 0.3 is 0 Å². The van der Waals surface area contributed by atoms with E-state index in [-0.39, 0.29) is 17.6 Å². The minimum Gasteiger partial charge on any atom is -0.497 e. The molecule has 4 nitrogen and oxygen atoms in total. The van der Waals surface area contributed by atoms with Gasteiger partial charge in [-0.1, -0.05) is 12.5 Å². The van der Waals surface area contributed by atoms with E-state index in [9.17, 15) is 4.79 Å². The summed E-state index contributed by atoms with van der Waals surface area (Å²) in [4.78, 5) is 15.7. The van der Waals surface area contributed by atoms with Crippen molar-refractivity contribution in [2.75, 3.05) is 20.3 Å². The molecule has 2 saturated carbocycles. The molecule has 4 aliphatic rings. The van der Waals surface area contributed by atoms with E-state index < -0.39 is 0 Å². The molecule has 134 valence electrons. The van der Waals surface area contributed by atoms with Crippen LogP contribution in [0, 0.1) is 11.3 Å². The first kappa shape index (κ1) is 15.7. The molecule has 0 N–H and O–H groups in total. The summed E-state index contributed by atoms with van der Waals surface area (Å²) in [7, 11) is 1.71. The molecule has 5 rings (SSSR count). The van der Waals surface area contributed by atoms with Crippen molar-refractivity contribution >= 4 is 5.91 Å². The zero-order chi connectivity index (χ0) is 17.0. The molecule has 1 saturated heterocycles. The number of nitrogens with zero attached hydrogens (tertiary/aromatic N) is 1. The Hall–Kier alpha value is -1.55. The second kappa shape index (κ2) is 5.73. The van der Waals surface area contributed by atoms with Gasteiger partial charge in [0.25, 0.3) is 0 Å². The van der Waals surface area contributed by atoms with E-state index in [0.717, 1.165) is 38.0 Å². The molecule has 2 atom stereocenters. The average molecular weight is 341 g/mol. The predicted octanol–water partition coefficient (Wildman–Crippen LogP) is 3.49. The Kier molecular flexibility index (Phi) is 3.60. The van der Waals surface area contributed by atoms with Crippen LogP contribution in [0.4, 0.5) is 0 Å². The van der Waals surface area contributed by atoms with Crippen LogP contribution in [0.3, 0.4) is 0 Å². The Morgan fingerprint density at radius 2 is 2.12 bits per heavy atom. The van der Waals surface area contributed by atoms with E-state index in [2.05, 4.69) is 17.0 Å². The molecule has 0 bridgehead atoms. The number of methoxy groups -OCH3 is 1. The third kappa shape index (κ3) is 2.33. The third-order valence-corrected chi connectivity index (χ3v) is 7.04. The summed E-state index contributed by atoms with van der Waals surface area (Å²) in [5, 5.41) is 0. The van der Waals surface area contributed by atoms with Crippen LogP contribution < -0.4 is 4.74 Å². The molecule has 1 amide bonds. The van der Waals surface area contributed by atoms with Gasteiger partial charge in [0.05, 0.1) is 25.2 Å². The maximum Gasteiger partial charge on any atom is 0.229 e. The second-order valence-electron chi connectivity index (χ2n) is 8.24. The zero-order valence-corrected chi connectivity index (χ0v) is 15.0. The predicted molar refractivity (Wildman–Crippen MR) is 94.5 cm³/mol. The Morgan fingerprint density at radius 1 is 1.28 bits per heavy atom. The smallest absolute Gasteiger partial charge is 0.229 e. The second-order valence-corrected chi connectivity index (χ2v) is 8.24. The molecule has 1 heterocycles. The summed E-state index contributed by atoms with van der Waals surface area (Å²) in [6.07, 6.45) is 7.99. The number of rotatable bonds is 3. The van der Waals surface area contributed by atoms with Gasteiger partial charge in [-0.15, -0.1) is 0 Å². The van der Waals surface area contributed by atoms with Crippen LogP contribution in [-0.2, 0) is 16.0 Å². The van der Waals surface area contributed by atoms with E-state index in [1.807, 2.05) is 6.07 Å². The van der Waals surface area contributed by atoms with Gasteiger partial charge in [0, 0.05) is 6.54 Å². The van der Waals surface area contributed by atoms with Crippen LogP contribution in [0.25, 0.3) is 0 Å². The van der Waals surface area contributed by atoms with Gasteiger partial charge in [0.1, 0.15) is 11.9 Å². The Bertz CT molecular complexity index is 692. The molecule has 1 aromatic rings. The summed E-state index contributed by atoms with van der Waals surface area (Å²) in [6.45, 7) is 1.42. The standard InChI is InChI=1S/C21H27NO3/c1-24-16-6-7-17-14(13-16)3-8-18-19(17)25-12-11-22(18)20(23)21(9-2-10-21)15-4-5-15/h6-7,13,15,18-19H,2-5,8-12H2,1H3. The highest BCUT2D eigenvalue weighted by Gasteiger charge is 2.57. The molecule has 2 unspecified atom stereocenters. The number of benzene rings is 1. The van der Waals surface area contributed by atoms with Crippen LogP contribution in [0.15, 0.2) is 18.2 Å². The first-order valence-electron chi connectivity index (χ1n) is 9.82. The average Bonchev–Trinajstić information content (AvgIpc) is 3.44. The molecule has 25 heavy (non-hydrogen) atoms. The highest BCUT2D eigenvalue weighted by molar-refractivity contribution is 5.85. The number of hydrogen-bond donors (Lipinski definition) is 0. The summed E-state index contributed by atoms with van der Waals surface area (Å²) in [5.41, 5.74) is 2.56. The van der Waals surface area contributed by atoms with Gasteiger partial charge in [0.2, 0.25) is 5.91 Å². The Labute approximate surface area is 149 Å². The van der Waals surface area contributed by atoms with E-state index in [1.165, 1.54) is 30.4 Å². The lowest BCUT2D eigenvalue weighted by Gasteiger charge is -2.50. The number of aryl methyl sites for hydroxylation is 1. The minimum absolute atomic E-state index is 0.0118. The highest BCUT2D eigenvalue weighted by atomic mass is 16.5. The molecule has 1 aliphatic heterocycles. The van der Waals surface area contributed by atoms with Crippen molar-refractivity contribution in [1.29, 1.82) is 0 Å². The molecule has 1 aromatic carbocycles. The van der Waals surface area contributed by atoms with Gasteiger partial charge in [-0.05, 0) is 67.7 Å². The summed E-state index contributed by atoms with van der Waals surface area (Å²) >= 11 is 0. The summed E-state index contributed by atoms with van der Waals surface area (Å²) in [5.74, 6) is 2.01. The molecular formula is C21H27NO3. The van der Waals surface area contributed by atoms with Crippen molar-refractivity contribution in [3.63, 3.8) is 0 Å². The topological polar surface area (TPSA) is 38.8 Å². The van der Waals surface area contributed by atoms with Crippen molar-refractivity contribution in [2.24, 2.45) is 11.3 Å². The number of amides is 1. The fourth-order valence-electron chi connectivity index (χ4n) is 5.36. The van der Waals surface area contributed by atoms with E-state index in [1.54, 1.807) is 7.11 Å². The summed E-state index contributed by atoms with van der Waals surface area (Å²) < 4.78 is 11.5. The number of fused-ring (bicyclic) bond motifs is 3. The van der Waals surface area contributed by atoms with Crippen molar-refractivity contribution in [1.82, 2.24) is 4.90 Å². The lowest BCUT2D eigenvalue weighted by Crippen LogP contribution is -2.58. The maximum atomic E-state index is 13.5. The molecule has 4 heteroatoms. The van der Waals surface area contributed by atoms with Crippen LogP contribution >= 0.6 is 0 Å². The minimum atomic E-state index is -0.0118. The molecular weight excluding hydrogens is 314 g/mol. The molecule has 3 fully saturated rings. The SMILES string of the molecule is COc1ccc2c(c1)CCC1C2OCCN1C(=O)C1(C2CC2)CCC1. The van der Waals surface area contributed by atoms with Gasteiger partial charge in [0.15, 0.2) is 0 Å².